The van der Waals surface area contributed by atoms with E-state index in [2.05, 4.69) is 29.0 Å². The molecule has 0 spiro atoms. The van der Waals surface area contributed by atoms with Crippen molar-refractivity contribution < 1.29 is 4.79 Å². The fourth-order valence-corrected chi connectivity index (χ4v) is 5.54. The van der Waals surface area contributed by atoms with E-state index in [4.69, 9.17) is 4.98 Å². The van der Waals surface area contributed by atoms with E-state index in [0.717, 1.165) is 37.3 Å². The molecule has 1 saturated heterocycles. The van der Waals surface area contributed by atoms with Crippen LogP contribution in [-0.4, -0.2) is 50.5 Å². The molecule has 2 aromatic heterocycles. The lowest BCUT2D eigenvalue weighted by atomic mass is 10.2. The first kappa shape index (κ1) is 21.1. The highest BCUT2D eigenvalue weighted by Crippen LogP contribution is 2.32. The summed E-state index contributed by atoms with van der Waals surface area (Å²) in [5.74, 6) is 0.804. The highest BCUT2D eigenvalue weighted by atomic mass is 32.1. The minimum atomic E-state index is -0.270. The number of aromatic nitrogens is 3. The summed E-state index contributed by atoms with van der Waals surface area (Å²) >= 11 is 1.42. The van der Waals surface area contributed by atoms with Crippen molar-refractivity contribution in [2.45, 2.75) is 58.4 Å². The van der Waals surface area contributed by atoms with Gasteiger partial charge in [0.05, 0.1) is 6.54 Å². The van der Waals surface area contributed by atoms with Gasteiger partial charge in [-0.15, -0.1) is 0 Å². The first-order chi connectivity index (χ1) is 15.5. The molecule has 32 heavy (non-hydrogen) atoms. The van der Waals surface area contributed by atoms with Gasteiger partial charge in [0.1, 0.15) is 11.9 Å². The summed E-state index contributed by atoms with van der Waals surface area (Å²) in [5, 5.41) is 3.77. The zero-order valence-electron chi connectivity index (χ0n) is 18.5. The predicted octanol–water partition coefficient (Wildman–Crippen LogP) is 2.36. The molecule has 1 atom stereocenters. The first-order valence-electron chi connectivity index (χ1n) is 11.2. The second-order valence-corrected chi connectivity index (χ2v) is 9.71. The van der Waals surface area contributed by atoms with Gasteiger partial charge in [0, 0.05) is 32.2 Å². The van der Waals surface area contributed by atoms with Gasteiger partial charge in [0.25, 0.3) is 5.56 Å². The van der Waals surface area contributed by atoms with Crippen LogP contribution >= 0.6 is 11.3 Å². The minimum Gasteiger partial charge on any atom is -0.350 e. The van der Waals surface area contributed by atoms with E-state index in [-0.39, 0.29) is 17.5 Å². The smallest absolute Gasteiger partial charge is 0.281 e. The van der Waals surface area contributed by atoms with Gasteiger partial charge >= 0.3 is 0 Å². The molecule has 2 aliphatic heterocycles. The summed E-state index contributed by atoms with van der Waals surface area (Å²) in [6.45, 7) is 7.73. The average Bonchev–Trinajstić information content (AvgIpc) is 3.45. The van der Waals surface area contributed by atoms with E-state index in [9.17, 15) is 9.59 Å². The number of nitrogens with one attached hydrogen (secondary N) is 1. The van der Waals surface area contributed by atoms with E-state index in [0.29, 0.717) is 41.2 Å². The number of amides is 1. The maximum absolute atomic E-state index is 13.1. The second kappa shape index (κ2) is 8.63. The molecule has 1 aromatic carbocycles. The number of benzene rings is 1. The second-order valence-electron chi connectivity index (χ2n) is 8.75. The van der Waals surface area contributed by atoms with Crippen molar-refractivity contribution >= 4 is 32.7 Å². The molecule has 3 aromatic rings. The highest BCUT2D eigenvalue weighted by Gasteiger charge is 2.33. The van der Waals surface area contributed by atoms with Crippen molar-refractivity contribution in [1.29, 1.82) is 0 Å². The summed E-state index contributed by atoms with van der Waals surface area (Å²) in [4.78, 5) is 40.5. The van der Waals surface area contributed by atoms with Crippen molar-refractivity contribution in [1.82, 2.24) is 24.8 Å². The summed E-state index contributed by atoms with van der Waals surface area (Å²) in [6, 6.07) is 10.0. The van der Waals surface area contributed by atoms with Crippen LogP contribution in [0.3, 0.4) is 0 Å². The Kier molecular flexibility index (Phi) is 5.69. The Hall–Kier alpha value is -2.78. The molecule has 2 aliphatic rings. The van der Waals surface area contributed by atoms with Gasteiger partial charge in [-0.3, -0.25) is 19.1 Å². The summed E-state index contributed by atoms with van der Waals surface area (Å²) in [7, 11) is 0. The lowest BCUT2D eigenvalue weighted by Gasteiger charge is -2.31. The molecule has 8 nitrogen and oxygen atoms in total. The molecule has 0 saturated carbocycles. The van der Waals surface area contributed by atoms with E-state index in [1.807, 2.05) is 35.2 Å². The van der Waals surface area contributed by atoms with Crippen LogP contribution in [0.5, 0.6) is 0 Å². The van der Waals surface area contributed by atoms with Gasteiger partial charge in [-0.1, -0.05) is 41.7 Å². The molecule has 168 valence electrons. The Labute approximate surface area is 190 Å². The molecule has 1 fully saturated rings. The zero-order chi connectivity index (χ0) is 22.2. The van der Waals surface area contributed by atoms with Gasteiger partial charge in [0.2, 0.25) is 5.91 Å². The molecule has 0 radical (unpaired) electrons. The van der Waals surface area contributed by atoms with Gasteiger partial charge in [-0.05, 0) is 32.3 Å². The van der Waals surface area contributed by atoms with Crippen LogP contribution in [0, 0.1) is 0 Å². The topological polar surface area (TPSA) is 83.4 Å². The largest absolute Gasteiger partial charge is 0.350 e. The molecule has 4 heterocycles. The molecule has 9 heteroatoms. The van der Waals surface area contributed by atoms with E-state index in [1.165, 1.54) is 11.3 Å². The molecule has 1 amide bonds. The van der Waals surface area contributed by atoms with Crippen LogP contribution in [0.4, 0.5) is 5.13 Å². The number of rotatable bonds is 5. The van der Waals surface area contributed by atoms with Crippen LogP contribution in [0.15, 0.2) is 35.1 Å². The normalized spacial score (nSPS) is 19.0. The van der Waals surface area contributed by atoms with Crippen molar-refractivity contribution in [3.05, 3.63) is 52.1 Å². The third-order valence-corrected chi connectivity index (χ3v) is 7.37. The summed E-state index contributed by atoms with van der Waals surface area (Å²) in [6.07, 6.45) is 1.70. The number of carbonyl (C=O) groups is 1. The number of hydrogen-bond acceptors (Lipinski definition) is 7. The maximum Gasteiger partial charge on any atom is 0.281 e. The third kappa shape index (κ3) is 3.91. The Bertz CT molecular complexity index is 1190. The Morgan fingerprint density at radius 2 is 2.00 bits per heavy atom. The van der Waals surface area contributed by atoms with E-state index >= 15 is 0 Å². The number of thiazole rings is 1. The van der Waals surface area contributed by atoms with Crippen LogP contribution in [0.1, 0.15) is 38.1 Å². The quantitative estimate of drug-likeness (QED) is 0.640. The van der Waals surface area contributed by atoms with Crippen molar-refractivity contribution in [3.8, 4) is 0 Å². The third-order valence-electron chi connectivity index (χ3n) is 6.38. The summed E-state index contributed by atoms with van der Waals surface area (Å²) < 4.78 is 1.76. The lowest BCUT2D eigenvalue weighted by Crippen LogP contribution is -2.43. The van der Waals surface area contributed by atoms with Crippen molar-refractivity contribution in [2.75, 3.05) is 18.0 Å². The van der Waals surface area contributed by atoms with Gasteiger partial charge < -0.3 is 10.2 Å². The molecule has 1 unspecified atom stereocenters. The van der Waals surface area contributed by atoms with Crippen LogP contribution in [0.25, 0.3) is 10.3 Å². The number of carbonyl (C=O) groups excluding carboxylic acids is 1. The molecule has 0 bridgehead atoms. The highest BCUT2D eigenvalue weighted by molar-refractivity contribution is 7.21. The molecule has 1 N–H and O–H groups in total. The fraction of sp³-hybridized carbons (Fsp3) is 0.478. The molecular weight excluding hydrogens is 424 g/mol. The molecular formula is C23H28N6O2S. The molecule has 5 rings (SSSR count). The SMILES string of the molecule is CC(C)N1CCn2c(nc3sc(N4CCCC4C(=O)NCc4ccccc4)nc3c2=O)C1. The maximum atomic E-state index is 13.1. The number of fused-ring (bicyclic) bond motifs is 2. The zero-order valence-corrected chi connectivity index (χ0v) is 19.3. The Morgan fingerprint density at radius 1 is 1.19 bits per heavy atom. The van der Waals surface area contributed by atoms with Crippen LogP contribution in [-0.2, 0) is 24.4 Å². The predicted molar refractivity (Wildman–Crippen MR) is 126 cm³/mol. The van der Waals surface area contributed by atoms with E-state index in [1.54, 1.807) is 4.57 Å². The Morgan fingerprint density at radius 3 is 2.78 bits per heavy atom. The van der Waals surface area contributed by atoms with Gasteiger partial charge in [0.15, 0.2) is 15.5 Å². The van der Waals surface area contributed by atoms with Crippen LogP contribution < -0.4 is 15.8 Å². The minimum absolute atomic E-state index is 0.00200. The number of anilines is 1. The monoisotopic (exact) mass is 452 g/mol. The average molecular weight is 453 g/mol. The first-order valence-corrected chi connectivity index (χ1v) is 12.1. The lowest BCUT2D eigenvalue weighted by molar-refractivity contribution is -0.122. The van der Waals surface area contributed by atoms with Gasteiger partial charge in [-0.2, -0.15) is 0 Å². The Balaban J connectivity index is 1.38. The van der Waals surface area contributed by atoms with Crippen molar-refractivity contribution in [2.24, 2.45) is 0 Å². The van der Waals surface area contributed by atoms with Crippen LogP contribution in [0.2, 0.25) is 0 Å². The van der Waals surface area contributed by atoms with Crippen molar-refractivity contribution in [3.63, 3.8) is 0 Å². The number of nitrogens with zero attached hydrogens (tertiary/aromatic N) is 5. The number of hydrogen-bond donors (Lipinski definition) is 1. The molecule has 0 aliphatic carbocycles. The van der Waals surface area contributed by atoms with E-state index < -0.39 is 0 Å². The standard InChI is InChI=1S/C23H28N6O2S/c1-15(2)27-11-12-29-18(14-27)25-21-19(22(29)31)26-23(32-21)28-10-6-9-17(28)20(30)24-13-16-7-4-3-5-8-16/h3-5,7-8,15,17H,6,9-14H2,1-2H3,(H,24,30). The summed E-state index contributed by atoms with van der Waals surface area (Å²) in [5.41, 5.74) is 1.42. The van der Waals surface area contributed by atoms with Gasteiger partial charge in [-0.25, -0.2) is 9.97 Å². The fourth-order valence-electron chi connectivity index (χ4n) is 4.51.